The fourth-order valence-corrected chi connectivity index (χ4v) is 5.08. The molecule has 0 fully saturated rings. The van der Waals surface area contributed by atoms with Gasteiger partial charge in [0.1, 0.15) is 17.0 Å². The van der Waals surface area contributed by atoms with Crippen LogP contribution in [0.25, 0.3) is 0 Å². The lowest BCUT2D eigenvalue weighted by molar-refractivity contribution is -0.141. The van der Waals surface area contributed by atoms with Crippen LogP contribution in [0.1, 0.15) is 49.4 Å². The normalized spacial score (nSPS) is 20.1. The summed E-state index contributed by atoms with van der Waals surface area (Å²) in [5, 5.41) is 17.7. The molecule has 3 atom stereocenters. The number of ether oxygens (including phenoxy) is 1. The second kappa shape index (κ2) is 10.9. The van der Waals surface area contributed by atoms with Crippen LogP contribution in [0, 0.1) is 0 Å². The summed E-state index contributed by atoms with van der Waals surface area (Å²) < 4.78 is 5.26. The summed E-state index contributed by atoms with van der Waals surface area (Å²) in [6, 6.07) is 14.8. The Bertz CT molecular complexity index is 1210. The molecule has 0 aromatic heterocycles. The number of carbonyl (C=O) groups is 3. The van der Waals surface area contributed by atoms with Crippen molar-refractivity contribution in [3.8, 4) is 5.75 Å². The van der Waals surface area contributed by atoms with Crippen LogP contribution in [0.3, 0.4) is 0 Å². The van der Waals surface area contributed by atoms with Crippen LogP contribution < -0.4 is 10.1 Å². The first kappa shape index (κ1) is 25.4. The Balaban J connectivity index is 1.56. The zero-order valence-corrected chi connectivity index (χ0v) is 21.1. The van der Waals surface area contributed by atoms with Crippen molar-refractivity contribution in [3.05, 3.63) is 65.2 Å². The van der Waals surface area contributed by atoms with Gasteiger partial charge in [-0.25, -0.2) is 5.01 Å². The van der Waals surface area contributed by atoms with E-state index in [0.29, 0.717) is 11.6 Å². The number of hydrogen-bond acceptors (Lipinski definition) is 7. The number of nitrogens with one attached hydrogen (secondary N) is 1. The van der Waals surface area contributed by atoms with Crippen LogP contribution in [0.15, 0.2) is 58.6 Å². The predicted octanol–water partition coefficient (Wildman–Crippen LogP) is 3.39. The maximum atomic E-state index is 12.7. The van der Waals surface area contributed by atoms with E-state index in [-0.39, 0.29) is 12.5 Å². The average molecular weight is 509 g/mol. The van der Waals surface area contributed by atoms with Crippen molar-refractivity contribution in [3.63, 3.8) is 0 Å². The van der Waals surface area contributed by atoms with Crippen LogP contribution in [-0.4, -0.2) is 57.2 Å². The number of benzene rings is 2. The topological polar surface area (TPSA) is 121 Å². The lowest BCUT2D eigenvalue weighted by Gasteiger charge is -2.23. The minimum atomic E-state index is -1.14. The number of nitrogens with zero attached hydrogens (tertiary/aromatic N) is 3. The van der Waals surface area contributed by atoms with E-state index in [1.165, 1.54) is 24.2 Å². The van der Waals surface area contributed by atoms with Gasteiger partial charge >= 0.3 is 5.97 Å². The van der Waals surface area contributed by atoms with Gasteiger partial charge in [-0.2, -0.15) is 10.1 Å². The first-order valence-electron chi connectivity index (χ1n) is 11.7. The van der Waals surface area contributed by atoms with Crippen molar-refractivity contribution in [1.82, 2.24) is 10.3 Å². The summed E-state index contributed by atoms with van der Waals surface area (Å²) >= 11 is 1.18. The van der Waals surface area contributed by atoms with E-state index in [9.17, 15) is 14.4 Å². The molecule has 0 saturated carbocycles. The monoisotopic (exact) mass is 508 g/mol. The molecule has 2 N–H and O–H groups in total. The number of carboxylic acids is 1. The fourth-order valence-electron chi connectivity index (χ4n) is 4.01. The number of rotatable bonds is 8. The highest BCUT2D eigenvalue weighted by Crippen LogP contribution is 2.38. The summed E-state index contributed by atoms with van der Waals surface area (Å²) in [6.45, 7) is 3.48. The van der Waals surface area contributed by atoms with Crippen molar-refractivity contribution in [2.45, 2.75) is 50.4 Å². The van der Waals surface area contributed by atoms with E-state index < -0.39 is 29.1 Å². The number of aliphatic carboxylic acids is 1. The number of amidine groups is 1. The Labute approximate surface area is 213 Å². The molecule has 0 bridgehead atoms. The molecule has 36 heavy (non-hydrogen) atoms. The van der Waals surface area contributed by atoms with Gasteiger partial charge in [-0.15, -0.1) is 0 Å². The van der Waals surface area contributed by atoms with Crippen molar-refractivity contribution in [2.24, 2.45) is 10.1 Å². The Morgan fingerprint density at radius 2 is 1.89 bits per heavy atom. The number of aliphatic imine (C=N–C) groups is 1. The third kappa shape index (κ3) is 5.59. The summed E-state index contributed by atoms with van der Waals surface area (Å²) in [6.07, 6.45) is 1.39. The molecular weight excluding hydrogens is 480 g/mol. The van der Waals surface area contributed by atoms with Gasteiger partial charge in [-0.05, 0) is 54.3 Å². The number of carbonyl (C=O) groups excluding carboxylic acids is 2. The number of amides is 2. The third-order valence-corrected chi connectivity index (χ3v) is 7.29. The van der Waals surface area contributed by atoms with Gasteiger partial charge in [0, 0.05) is 12.8 Å². The van der Waals surface area contributed by atoms with Gasteiger partial charge in [0.25, 0.3) is 5.91 Å². The summed E-state index contributed by atoms with van der Waals surface area (Å²) in [5.74, 6) is -1.33. The van der Waals surface area contributed by atoms with Gasteiger partial charge < -0.3 is 15.2 Å². The largest absolute Gasteiger partial charge is 0.497 e. The summed E-state index contributed by atoms with van der Waals surface area (Å²) in [4.78, 5) is 40.2. The van der Waals surface area contributed by atoms with Gasteiger partial charge in [0.05, 0.1) is 18.9 Å². The lowest BCUT2D eigenvalue weighted by Crippen LogP contribution is -2.39. The molecule has 188 valence electrons. The summed E-state index contributed by atoms with van der Waals surface area (Å²) in [5.41, 5.74) is 4.08. The SMILES string of the molecule is CCc1ccc([C@@H]2CC(c3ccc(OC)cc3)=NN2C2=NC(=O)[C@@H](CC(=O)N[C@@H](C)C(=O)O)S2)cc1. The van der Waals surface area contributed by atoms with E-state index in [0.717, 1.165) is 29.0 Å². The zero-order chi connectivity index (χ0) is 25.8. The second-order valence-corrected chi connectivity index (χ2v) is 9.78. The number of carboxylic acid groups (broad SMARTS) is 1. The standard InChI is InChI=1S/C26H28N4O5S/c1-4-16-5-7-18(8-6-16)21-13-20(17-9-11-19(35-3)12-10-17)29-30(21)26-28-24(32)22(36-26)14-23(31)27-15(2)25(33)34/h5-12,15,21-22H,4,13-14H2,1-3H3,(H,27,31)(H,33,34)/t15-,21-,22+/m0/s1. The van der Waals surface area contributed by atoms with E-state index in [1.807, 2.05) is 24.3 Å². The Morgan fingerprint density at radius 3 is 2.50 bits per heavy atom. The molecule has 9 nitrogen and oxygen atoms in total. The highest BCUT2D eigenvalue weighted by atomic mass is 32.2. The number of aryl methyl sites for hydroxylation is 1. The third-order valence-electron chi connectivity index (χ3n) is 6.15. The molecule has 0 aliphatic carbocycles. The molecule has 4 rings (SSSR count). The number of hydrogen-bond donors (Lipinski definition) is 2. The minimum absolute atomic E-state index is 0.160. The Morgan fingerprint density at radius 1 is 1.19 bits per heavy atom. The maximum absolute atomic E-state index is 12.7. The number of hydrazone groups is 1. The van der Waals surface area contributed by atoms with Gasteiger partial charge in [0.2, 0.25) is 5.91 Å². The fraction of sp³-hybridized carbons (Fsp3) is 0.346. The molecule has 0 saturated heterocycles. The molecule has 2 amide bonds. The molecule has 2 heterocycles. The Hall–Kier alpha value is -3.66. The van der Waals surface area contributed by atoms with Crippen molar-refractivity contribution in [1.29, 1.82) is 0 Å². The molecule has 10 heteroatoms. The lowest BCUT2D eigenvalue weighted by atomic mass is 9.97. The molecule has 2 aliphatic heterocycles. The number of methoxy groups -OCH3 is 1. The zero-order valence-electron chi connectivity index (χ0n) is 20.3. The van der Waals surface area contributed by atoms with Crippen LogP contribution in [-0.2, 0) is 20.8 Å². The predicted molar refractivity (Wildman–Crippen MR) is 138 cm³/mol. The van der Waals surface area contributed by atoms with Crippen LogP contribution in [0.5, 0.6) is 5.75 Å². The van der Waals surface area contributed by atoms with E-state index >= 15 is 0 Å². The molecular formula is C26H28N4O5S. The highest BCUT2D eigenvalue weighted by Gasteiger charge is 2.39. The van der Waals surface area contributed by atoms with Crippen LogP contribution >= 0.6 is 11.8 Å². The average Bonchev–Trinajstić information content (AvgIpc) is 3.48. The first-order chi connectivity index (χ1) is 17.3. The van der Waals surface area contributed by atoms with E-state index in [1.54, 1.807) is 12.1 Å². The van der Waals surface area contributed by atoms with Crippen molar-refractivity contribution < 1.29 is 24.2 Å². The molecule has 2 aromatic carbocycles. The van der Waals surface area contributed by atoms with Crippen molar-refractivity contribution in [2.75, 3.05) is 7.11 Å². The quantitative estimate of drug-likeness (QED) is 0.561. The molecule has 2 aliphatic rings. The number of thioether (sulfide) groups is 1. The van der Waals surface area contributed by atoms with E-state index in [4.69, 9.17) is 14.9 Å². The van der Waals surface area contributed by atoms with Gasteiger partial charge in [-0.1, -0.05) is 43.0 Å². The molecule has 0 radical (unpaired) electrons. The Kier molecular flexibility index (Phi) is 7.73. The molecule has 2 aromatic rings. The van der Waals surface area contributed by atoms with Crippen LogP contribution in [0.2, 0.25) is 0 Å². The second-order valence-electron chi connectivity index (χ2n) is 8.61. The minimum Gasteiger partial charge on any atom is -0.497 e. The maximum Gasteiger partial charge on any atom is 0.325 e. The van der Waals surface area contributed by atoms with Gasteiger partial charge in [0.15, 0.2) is 5.17 Å². The summed E-state index contributed by atoms with van der Waals surface area (Å²) in [7, 11) is 1.62. The first-order valence-corrected chi connectivity index (χ1v) is 12.6. The van der Waals surface area contributed by atoms with Crippen LogP contribution in [0.4, 0.5) is 0 Å². The smallest absolute Gasteiger partial charge is 0.325 e. The van der Waals surface area contributed by atoms with Gasteiger partial charge in [-0.3, -0.25) is 14.4 Å². The van der Waals surface area contributed by atoms with E-state index in [2.05, 4.69) is 41.5 Å². The molecule has 0 spiro atoms. The van der Waals surface area contributed by atoms with Crippen molar-refractivity contribution >= 4 is 40.4 Å². The highest BCUT2D eigenvalue weighted by molar-refractivity contribution is 8.15. The molecule has 0 unspecified atom stereocenters.